The number of benzene rings is 1. The number of nitriles is 1. The van der Waals surface area contributed by atoms with Crippen molar-refractivity contribution >= 4 is 12.0 Å². The number of alkyl carbamates (subject to hydrolysis) is 1. The molecule has 3 rings (SSSR count). The van der Waals surface area contributed by atoms with Gasteiger partial charge in [0.25, 0.3) is 5.56 Å². The first kappa shape index (κ1) is 23.8. The number of terminal acetylenes is 1. The summed E-state index contributed by atoms with van der Waals surface area (Å²) < 4.78 is 20.9. The molecule has 1 aliphatic heterocycles. The lowest BCUT2D eigenvalue weighted by atomic mass is 10.0. The normalized spacial score (nSPS) is 14.3. The molecule has 1 aromatic carbocycles. The van der Waals surface area contributed by atoms with E-state index in [4.69, 9.17) is 16.4 Å². The second kappa shape index (κ2) is 9.33. The summed E-state index contributed by atoms with van der Waals surface area (Å²) in [4.78, 5) is 31.5. The lowest BCUT2D eigenvalue weighted by molar-refractivity contribution is 0.0497. The minimum atomic E-state index is -0.712. The Kier molecular flexibility index (Phi) is 6.73. The zero-order valence-electron chi connectivity index (χ0n) is 19.1. The lowest BCUT2D eigenvalue weighted by Crippen LogP contribution is -2.47. The molecule has 1 fully saturated rings. The summed E-state index contributed by atoms with van der Waals surface area (Å²) >= 11 is 0. The number of anilines is 1. The van der Waals surface area contributed by atoms with Gasteiger partial charge >= 0.3 is 6.09 Å². The predicted octanol–water partition coefficient (Wildman–Crippen LogP) is 2.93. The molecule has 0 unspecified atom stereocenters. The van der Waals surface area contributed by atoms with E-state index in [0.29, 0.717) is 37.4 Å². The standard InChI is InChI=1S/C24H26FN5O3/c1-6-18-20(15-7-8-16(14-26)19(25)13-15)28-22(29(5)21(18)31)30-11-9-17(10-12-30)27-23(32)33-24(2,3)4/h1,7-8,13,17H,9-12H2,2-5H3,(H,27,32). The number of amides is 1. The number of piperidine rings is 1. The van der Waals surface area contributed by atoms with E-state index in [1.54, 1.807) is 33.9 Å². The minimum absolute atomic E-state index is 0.0202. The molecule has 0 radical (unpaired) electrons. The topological polar surface area (TPSA) is 100 Å². The zero-order chi connectivity index (χ0) is 24.3. The molecular weight excluding hydrogens is 425 g/mol. The maximum absolute atomic E-state index is 14.2. The molecule has 172 valence electrons. The summed E-state index contributed by atoms with van der Waals surface area (Å²) in [6, 6.07) is 5.71. The average Bonchev–Trinajstić information content (AvgIpc) is 2.74. The van der Waals surface area contributed by atoms with Gasteiger partial charge in [0.05, 0.1) is 11.3 Å². The molecule has 0 aliphatic carbocycles. The van der Waals surface area contributed by atoms with E-state index in [2.05, 4.69) is 16.2 Å². The van der Waals surface area contributed by atoms with Crippen LogP contribution in [0, 0.1) is 29.5 Å². The number of rotatable bonds is 3. The fourth-order valence-electron chi connectivity index (χ4n) is 3.66. The zero-order valence-corrected chi connectivity index (χ0v) is 19.1. The second-order valence-corrected chi connectivity index (χ2v) is 8.86. The van der Waals surface area contributed by atoms with Crippen molar-refractivity contribution in [1.29, 1.82) is 5.26 Å². The van der Waals surface area contributed by atoms with Crippen molar-refractivity contribution in [1.82, 2.24) is 14.9 Å². The van der Waals surface area contributed by atoms with Gasteiger partial charge in [-0.25, -0.2) is 14.2 Å². The molecular formula is C24H26FN5O3. The summed E-state index contributed by atoms with van der Waals surface area (Å²) in [5, 5.41) is 11.8. The number of aromatic nitrogens is 2. The molecule has 8 nitrogen and oxygen atoms in total. The Balaban J connectivity index is 1.86. The van der Waals surface area contributed by atoms with Gasteiger partial charge < -0.3 is 15.0 Å². The van der Waals surface area contributed by atoms with Crippen LogP contribution in [-0.2, 0) is 11.8 Å². The Hall–Kier alpha value is -3.85. The van der Waals surface area contributed by atoms with Crippen LogP contribution in [0.1, 0.15) is 44.7 Å². The van der Waals surface area contributed by atoms with Crippen molar-refractivity contribution in [3.63, 3.8) is 0 Å². The van der Waals surface area contributed by atoms with E-state index in [1.165, 1.54) is 16.7 Å². The van der Waals surface area contributed by atoms with Crippen LogP contribution in [0.5, 0.6) is 0 Å². The first-order valence-corrected chi connectivity index (χ1v) is 10.6. The minimum Gasteiger partial charge on any atom is -0.444 e. The van der Waals surface area contributed by atoms with E-state index in [9.17, 15) is 14.0 Å². The average molecular weight is 452 g/mol. The molecule has 1 N–H and O–H groups in total. The highest BCUT2D eigenvalue weighted by molar-refractivity contribution is 5.69. The molecule has 0 atom stereocenters. The fourth-order valence-corrected chi connectivity index (χ4v) is 3.66. The number of nitrogens with zero attached hydrogens (tertiary/aromatic N) is 4. The van der Waals surface area contributed by atoms with Crippen LogP contribution in [-0.4, -0.2) is 40.4 Å². The van der Waals surface area contributed by atoms with E-state index in [0.717, 1.165) is 6.07 Å². The van der Waals surface area contributed by atoms with Gasteiger partial charge in [-0.1, -0.05) is 12.0 Å². The molecule has 33 heavy (non-hydrogen) atoms. The fraction of sp³-hybridized carbons (Fsp3) is 0.417. The summed E-state index contributed by atoms with van der Waals surface area (Å²) in [5.41, 5.74) is -0.576. The highest BCUT2D eigenvalue weighted by Crippen LogP contribution is 2.25. The number of hydrogen-bond donors (Lipinski definition) is 1. The van der Waals surface area contributed by atoms with Crippen LogP contribution in [0.15, 0.2) is 23.0 Å². The number of ether oxygens (including phenoxy) is 1. The second-order valence-electron chi connectivity index (χ2n) is 8.86. The van der Waals surface area contributed by atoms with Crippen LogP contribution in [0.4, 0.5) is 15.1 Å². The summed E-state index contributed by atoms with van der Waals surface area (Å²) in [7, 11) is 1.58. The lowest BCUT2D eigenvalue weighted by Gasteiger charge is -2.34. The maximum Gasteiger partial charge on any atom is 0.407 e. The summed E-state index contributed by atoms with van der Waals surface area (Å²) in [5.74, 6) is 2.05. The quantitative estimate of drug-likeness (QED) is 0.721. The molecule has 9 heteroatoms. The maximum atomic E-state index is 14.2. The van der Waals surface area contributed by atoms with Gasteiger partial charge in [0, 0.05) is 31.7 Å². The van der Waals surface area contributed by atoms with Crippen molar-refractivity contribution in [3.8, 4) is 29.7 Å². The Labute approximate surface area is 192 Å². The van der Waals surface area contributed by atoms with E-state index >= 15 is 0 Å². The molecule has 2 aromatic rings. The van der Waals surface area contributed by atoms with Crippen LogP contribution in [0.3, 0.4) is 0 Å². The van der Waals surface area contributed by atoms with Gasteiger partial charge in [-0.2, -0.15) is 5.26 Å². The molecule has 1 aliphatic rings. The predicted molar refractivity (Wildman–Crippen MR) is 122 cm³/mol. The van der Waals surface area contributed by atoms with E-state index in [-0.39, 0.29) is 22.9 Å². The Bertz CT molecular complexity index is 1210. The van der Waals surface area contributed by atoms with Crippen molar-refractivity contribution in [3.05, 3.63) is 45.5 Å². The smallest absolute Gasteiger partial charge is 0.407 e. The van der Waals surface area contributed by atoms with Crippen molar-refractivity contribution in [2.45, 2.75) is 45.3 Å². The first-order valence-electron chi connectivity index (χ1n) is 10.6. The highest BCUT2D eigenvalue weighted by Gasteiger charge is 2.26. The van der Waals surface area contributed by atoms with E-state index in [1.807, 2.05) is 4.90 Å². The van der Waals surface area contributed by atoms with Crippen LogP contribution < -0.4 is 15.8 Å². The van der Waals surface area contributed by atoms with Crippen LogP contribution in [0.25, 0.3) is 11.3 Å². The van der Waals surface area contributed by atoms with Crippen LogP contribution >= 0.6 is 0 Å². The first-order chi connectivity index (χ1) is 15.5. The SMILES string of the molecule is C#Cc1c(-c2ccc(C#N)c(F)c2)nc(N2CCC(NC(=O)OC(C)(C)C)CC2)n(C)c1=O. The monoisotopic (exact) mass is 451 g/mol. The highest BCUT2D eigenvalue weighted by atomic mass is 19.1. The Morgan fingerprint density at radius 2 is 2.00 bits per heavy atom. The third-order valence-corrected chi connectivity index (χ3v) is 5.27. The molecule has 1 aromatic heterocycles. The van der Waals surface area contributed by atoms with E-state index < -0.39 is 23.1 Å². The largest absolute Gasteiger partial charge is 0.444 e. The van der Waals surface area contributed by atoms with Gasteiger partial charge in [-0.15, -0.1) is 6.42 Å². The Morgan fingerprint density at radius 3 is 2.55 bits per heavy atom. The molecule has 0 bridgehead atoms. The number of carbonyl (C=O) groups is 1. The van der Waals surface area contributed by atoms with Crippen molar-refractivity contribution in [2.24, 2.45) is 7.05 Å². The van der Waals surface area contributed by atoms with Gasteiger partial charge in [0.2, 0.25) is 5.95 Å². The molecule has 1 amide bonds. The number of nitrogens with one attached hydrogen (secondary N) is 1. The third-order valence-electron chi connectivity index (χ3n) is 5.27. The summed E-state index contributed by atoms with van der Waals surface area (Å²) in [6.07, 6.45) is 6.37. The van der Waals surface area contributed by atoms with Gasteiger partial charge in [-0.3, -0.25) is 9.36 Å². The van der Waals surface area contributed by atoms with Gasteiger partial charge in [0.15, 0.2) is 0 Å². The molecule has 2 heterocycles. The van der Waals surface area contributed by atoms with Gasteiger partial charge in [0.1, 0.15) is 23.1 Å². The molecule has 0 saturated carbocycles. The number of halogens is 1. The summed E-state index contributed by atoms with van der Waals surface area (Å²) in [6.45, 7) is 6.49. The number of hydrogen-bond acceptors (Lipinski definition) is 6. The van der Waals surface area contributed by atoms with Gasteiger partial charge in [-0.05, 0) is 45.7 Å². The van der Waals surface area contributed by atoms with Crippen LogP contribution in [0.2, 0.25) is 0 Å². The number of carbonyl (C=O) groups excluding carboxylic acids is 1. The molecule has 1 saturated heterocycles. The third kappa shape index (κ3) is 5.32. The van der Waals surface area contributed by atoms with Crippen molar-refractivity contribution < 1.29 is 13.9 Å². The van der Waals surface area contributed by atoms with Crippen molar-refractivity contribution in [2.75, 3.05) is 18.0 Å². The molecule has 0 spiro atoms. The Morgan fingerprint density at radius 1 is 1.33 bits per heavy atom.